The molecule has 212 valence electrons. The fourth-order valence-corrected chi connectivity index (χ4v) is 4.82. The molecule has 0 bridgehead atoms. The summed E-state index contributed by atoms with van der Waals surface area (Å²) in [6, 6.07) is 4.03. The topological polar surface area (TPSA) is 120 Å². The number of piperidine rings is 1. The van der Waals surface area contributed by atoms with E-state index < -0.39 is 29.9 Å². The van der Waals surface area contributed by atoms with Crippen LogP contribution in [0.5, 0.6) is 5.75 Å². The highest BCUT2D eigenvalue weighted by Gasteiger charge is 2.36. The molecule has 0 aromatic carbocycles. The Kier molecular flexibility index (Phi) is 7.81. The second-order valence-electron chi connectivity index (χ2n) is 9.67. The summed E-state index contributed by atoms with van der Waals surface area (Å²) in [7, 11) is 0. The van der Waals surface area contributed by atoms with Crippen LogP contribution in [0.15, 0.2) is 46.9 Å². The maximum atomic E-state index is 13.8. The molecule has 0 unspecified atom stereocenters. The summed E-state index contributed by atoms with van der Waals surface area (Å²) in [5.41, 5.74) is -0.457. The van der Waals surface area contributed by atoms with E-state index in [2.05, 4.69) is 20.1 Å². The van der Waals surface area contributed by atoms with E-state index in [0.717, 1.165) is 62.0 Å². The summed E-state index contributed by atoms with van der Waals surface area (Å²) in [5.74, 6) is 4.17. The van der Waals surface area contributed by atoms with Crippen LogP contribution in [0.4, 0.5) is 17.6 Å². The standard InChI is InChI=1S/C26H27F4N7O3/c1-15(34-18-4-6-36(7-5-18)19-12-39-13-19)24(35-31)16-8-23(25-20(26(28,29)30)10-33-37(25)11-16)40-14-22(38)21-3-2-17(27)9-32-21/h2-3,8-11,18-19H,4-7,12-14,31H2,1H3/b34-15?,35-24+. The Morgan fingerprint density at radius 2 is 1.98 bits per heavy atom. The van der Waals surface area contributed by atoms with Crippen molar-refractivity contribution in [1.82, 2.24) is 19.5 Å². The van der Waals surface area contributed by atoms with E-state index >= 15 is 0 Å². The number of carbonyl (C=O) groups excluding carboxylic acids is 1. The molecule has 2 fully saturated rings. The summed E-state index contributed by atoms with van der Waals surface area (Å²) in [6.07, 6.45) is -0.157. The minimum absolute atomic E-state index is 0.0378. The molecule has 0 saturated carbocycles. The van der Waals surface area contributed by atoms with E-state index in [1.165, 1.54) is 12.3 Å². The number of Topliss-reactive ketones (excluding diaryl/α,β-unsaturated/α-hetero) is 1. The number of carbonyl (C=O) groups is 1. The van der Waals surface area contributed by atoms with Crippen LogP contribution < -0.4 is 10.6 Å². The molecule has 0 radical (unpaired) electrons. The monoisotopic (exact) mass is 561 g/mol. The van der Waals surface area contributed by atoms with Gasteiger partial charge in [-0.2, -0.15) is 23.4 Å². The number of hydrazone groups is 1. The molecule has 14 heteroatoms. The average molecular weight is 562 g/mol. The fourth-order valence-electron chi connectivity index (χ4n) is 4.82. The molecule has 2 N–H and O–H groups in total. The summed E-state index contributed by atoms with van der Waals surface area (Å²) in [5, 5.41) is 7.73. The van der Waals surface area contributed by atoms with Gasteiger partial charge < -0.3 is 15.3 Å². The third-order valence-corrected chi connectivity index (χ3v) is 7.01. The van der Waals surface area contributed by atoms with E-state index in [-0.39, 0.29) is 28.7 Å². The predicted molar refractivity (Wildman–Crippen MR) is 137 cm³/mol. The Labute approximate surface area is 226 Å². The normalized spacial score (nSPS) is 18.2. The first-order chi connectivity index (χ1) is 19.1. The highest BCUT2D eigenvalue weighted by atomic mass is 19.4. The van der Waals surface area contributed by atoms with Crippen molar-refractivity contribution in [1.29, 1.82) is 0 Å². The van der Waals surface area contributed by atoms with E-state index in [1.807, 2.05) is 0 Å². The van der Waals surface area contributed by atoms with Gasteiger partial charge in [-0.05, 0) is 38.0 Å². The number of ether oxygens (including phenoxy) is 2. The molecular weight excluding hydrogens is 534 g/mol. The minimum Gasteiger partial charge on any atom is -0.483 e. The molecule has 2 aliphatic heterocycles. The number of halogens is 4. The van der Waals surface area contributed by atoms with Gasteiger partial charge in [0, 0.05) is 24.8 Å². The van der Waals surface area contributed by atoms with Crippen LogP contribution in [0.25, 0.3) is 5.52 Å². The largest absolute Gasteiger partial charge is 0.483 e. The number of alkyl halides is 3. The van der Waals surface area contributed by atoms with Crippen molar-refractivity contribution in [2.24, 2.45) is 15.9 Å². The SMILES string of the molecule is CC(=NC1CCN(C2COC2)CC1)/C(=N\N)c1cc(OCC(=O)c2ccc(F)cn2)c2c(C(F)(F)F)cnn2c1. The molecule has 5 heterocycles. The van der Waals surface area contributed by atoms with Crippen molar-refractivity contribution in [3.8, 4) is 5.75 Å². The van der Waals surface area contributed by atoms with Gasteiger partial charge >= 0.3 is 6.18 Å². The number of nitrogens with two attached hydrogens (primary N) is 1. The van der Waals surface area contributed by atoms with Crippen molar-refractivity contribution in [3.05, 3.63) is 59.4 Å². The average Bonchev–Trinajstić information content (AvgIpc) is 3.33. The number of pyridine rings is 2. The lowest BCUT2D eigenvalue weighted by atomic mass is 10.0. The molecule has 3 aromatic rings. The number of aliphatic imine (C=N–C) groups is 1. The summed E-state index contributed by atoms with van der Waals surface area (Å²) in [6.45, 7) is 4.36. The smallest absolute Gasteiger partial charge is 0.420 e. The van der Waals surface area contributed by atoms with Crippen LogP contribution in [0.2, 0.25) is 0 Å². The zero-order valence-corrected chi connectivity index (χ0v) is 21.6. The number of aromatic nitrogens is 3. The van der Waals surface area contributed by atoms with Crippen molar-refractivity contribution in [2.75, 3.05) is 32.9 Å². The number of hydrogen-bond acceptors (Lipinski definition) is 9. The molecule has 0 atom stereocenters. The lowest BCUT2D eigenvalue weighted by molar-refractivity contribution is -0.136. The number of ketones is 1. The molecule has 0 amide bonds. The van der Waals surface area contributed by atoms with Gasteiger partial charge in [0.25, 0.3) is 0 Å². The van der Waals surface area contributed by atoms with Crippen molar-refractivity contribution >= 4 is 22.7 Å². The third kappa shape index (κ3) is 5.82. The molecule has 2 saturated heterocycles. The number of likely N-dealkylation sites (tertiary alicyclic amines) is 1. The Morgan fingerprint density at radius 1 is 1.23 bits per heavy atom. The van der Waals surface area contributed by atoms with E-state index in [4.69, 9.17) is 20.3 Å². The lowest BCUT2D eigenvalue weighted by Gasteiger charge is -2.40. The zero-order valence-electron chi connectivity index (χ0n) is 21.6. The zero-order chi connectivity index (χ0) is 28.4. The summed E-state index contributed by atoms with van der Waals surface area (Å²) in [4.78, 5) is 23.4. The van der Waals surface area contributed by atoms with Gasteiger partial charge in [-0.3, -0.25) is 14.7 Å². The number of fused-ring (bicyclic) bond motifs is 1. The van der Waals surface area contributed by atoms with Crippen LogP contribution in [0.1, 0.15) is 41.4 Å². The maximum Gasteiger partial charge on any atom is 0.420 e. The van der Waals surface area contributed by atoms with E-state index in [0.29, 0.717) is 23.5 Å². The molecule has 5 rings (SSSR count). The van der Waals surface area contributed by atoms with Gasteiger partial charge in [-0.15, -0.1) is 0 Å². The minimum atomic E-state index is -4.73. The molecule has 0 aliphatic carbocycles. The van der Waals surface area contributed by atoms with Gasteiger partial charge in [0.2, 0.25) is 5.78 Å². The van der Waals surface area contributed by atoms with Crippen molar-refractivity contribution in [2.45, 2.75) is 38.0 Å². The molecule has 2 aliphatic rings. The Bertz CT molecular complexity index is 1440. The Balaban J connectivity index is 1.41. The Hall–Kier alpha value is -3.91. The highest BCUT2D eigenvalue weighted by molar-refractivity contribution is 6.47. The lowest BCUT2D eigenvalue weighted by Crippen LogP contribution is -2.52. The first kappa shape index (κ1) is 27.6. The third-order valence-electron chi connectivity index (χ3n) is 7.01. The summed E-state index contributed by atoms with van der Waals surface area (Å²) < 4.78 is 66.3. The van der Waals surface area contributed by atoms with Gasteiger partial charge in [0.05, 0.1) is 43.4 Å². The quantitative estimate of drug-likeness (QED) is 0.148. The molecule has 3 aromatic heterocycles. The number of nitrogens with zero attached hydrogens (tertiary/aromatic N) is 6. The maximum absolute atomic E-state index is 13.8. The van der Waals surface area contributed by atoms with Crippen LogP contribution in [0, 0.1) is 5.82 Å². The van der Waals surface area contributed by atoms with Gasteiger partial charge in [0.1, 0.15) is 34.1 Å². The van der Waals surface area contributed by atoms with Gasteiger partial charge in [0.15, 0.2) is 6.61 Å². The Morgan fingerprint density at radius 3 is 2.58 bits per heavy atom. The second-order valence-corrected chi connectivity index (χ2v) is 9.67. The van der Waals surface area contributed by atoms with Crippen LogP contribution in [-0.4, -0.2) is 81.7 Å². The van der Waals surface area contributed by atoms with Crippen molar-refractivity contribution in [3.63, 3.8) is 0 Å². The number of hydrogen-bond donors (Lipinski definition) is 1. The van der Waals surface area contributed by atoms with E-state index in [9.17, 15) is 22.4 Å². The molecule has 10 nitrogen and oxygen atoms in total. The van der Waals surface area contributed by atoms with Gasteiger partial charge in [-0.1, -0.05) is 0 Å². The first-order valence-corrected chi connectivity index (χ1v) is 12.6. The van der Waals surface area contributed by atoms with Crippen molar-refractivity contribution < 1.29 is 31.8 Å². The van der Waals surface area contributed by atoms with Crippen LogP contribution >= 0.6 is 0 Å². The fraction of sp³-hybridized carbons (Fsp3) is 0.423. The van der Waals surface area contributed by atoms with Crippen LogP contribution in [0.3, 0.4) is 0 Å². The van der Waals surface area contributed by atoms with E-state index in [1.54, 1.807) is 6.92 Å². The number of rotatable bonds is 8. The predicted octanol–water partition coefficient (Wildman–Crippen LogP) is 3.14. The highest BCUT2D eigenvalue weighted by Crippen LogP contribution is 2.37. The molecule has 40 heavy (non-hydrogen) atoms. The summed E-state index contributed by atoms with van der Waals surface area (Å²) >= 11 is 0. The van der Waals surface area contributed by atoms with Gasteiger partial charge in [-0.25, -0.2) is 13.9 Å². The second kappa shape index (κ2) is 11.3. The van der Waals surface area contributed by atoms with Crippen LogP contribution in [-0.2, 0) is 10.9 Å². The molecular formula is C26H27F4N7O3. The molecule has 0 spiro atoms. The first-order valence-electron chi connectivity index (χ1n) is 12.6.